The van der Waals surface area contributed by atoms with Gasteiger partial charge in [0.25, 0.3) is 0 Å². The summed E-state index contributed by atoms with van der Waals surface area (Å²) < 4.78 is 9.04. The number of rotatable bonds is 6. The molecule has 0 saturated heterocycles. The summed E-state index contributed by atoms with van der Waals surface area (Å²) in [5.41, 5.74) is 0.389. The molecular formula is C14H14O8. The summed E-state index contributed by atoms with van der Waals surface area (Å²) in [5, 5.41) is 27.1. The predicted molar refractivity (Wildman–Crippen MR) is 73.0 cm³/mol. The molecule has 8 nitrogen and oxygen atoms in total. The molecule has 1 rings (SSSR count). The van der Waals surface area contributed by atoms with E-state index in [0.717, 1.165) is 13.2 Å². The number of carboxylic acids is 1. The first-order chi connectivity index (χ1) is 10.3. The number of carboxylic acid groups (broad SMARTS) is 1. The van der Waals surface area contributed by atoms with Crippen molar-refractivity contribution in [2.45, 2.75) is 12.5 Å². The Balaban J connectivity index is 2.73. The van der Waals surface area contributed by atoms with Gasteiger partial charge in [0.2, 0.25) is 6.10 Å². The van der Waals surface area contributed by atoms with Crippen molar-refractivity contribution in [1.82, 2.24) is 0 Å². The van der Waals surface area contributed by atoms with E-state index in [4.69, 9.17) is 14.9 Å². The van der Waals surface area contributed by atoms with Crippen molar-refractivity contribution in [2.75, 3.05) is 7.11 Å². The molecule has 1 atom stereocenters. The lowest BCUT2D eigenvalue weighted by molar-refractivity contribution is -0.166. The highest BCUT2D eigenvalue weighted by atomic mass is 16.6. The number of hydrogen-bond acceptors (Lipinski definition) is 7. The smallest absolute Gasteiger partial charge is 0.347 e. The SMILES string of the molecule is COC(=O)C(CC(=O)O)OC(=O)/C=C/c1ccc(O)c(O)c1. The Morgan fingerprint density at radius 3 is 2.45 bits per heavy atom. The fourth-order valence-corrected chi connectivity index (χ4v) is 1.45. The van der Waals surface area contributed by atoms with Crippen LogP contribution in [0.1, 0.15) is 12.0 Å². The molecule has 3 N–H and O–H groups in total. The summed E-state index contributed by atoms with van der Waals surface area (Å²) in [7, 11) is 1.04. The molecule has 22 heavy (non-hydrogen) atoms. The largest absolute Gasteiger partial charge is 0.504 e. The Labute approximate surface area is 125 Å². The van der Waals surface area contributed by atoms with Crippen LogP contribution in [0, 0.1) is 0 Å². The van der Waals surface area contributed by atoms with Crippen molar-refractivity contribution in [1.29, 1.82) is 0 Å². The second kappa shape index (κ2) is 7.67. The Bertz CT molecular complexity index is 605. The minimum Gasteiger partial charge on any atom is -0.504 e. The normalized spacial score (nSPS) is 11.9. The van der Waals surface area contributed by atoms with Crippen LogP contribution in [0.4, 0.5) is 0 Å². The molecule has 0 aliphatic rings. The molecule has 1 aromatic carbocycles. The molecule has 0 fully saturated rings. The number of ether oxygens (including phenoxy) is 2. The maximum atomic E-state index is 11.6. The third kappa shape index (κ3) is 5.16. The molecule has 0 amide bonds. The van der Waals surface area contributed by atoms with Gasteiger partial charge >= 0.3 is 17.9 Å². The zero-order valence-corrected chi connectivity index (χ0v) is 11.6. The Kier molecular flexibility index (Phi) is 5.94. The van der Waals surface area contributed by atoms with Crippen molar-refractivity contribution in [3.05, 3.63) is 29.8 Å². The summed E-state index contributed by atoms with van der Waals surface area (Å²) in [4.78, 5) is 33.4. The first-order valence-electron chi connectivity index (χ1n) is 6.03. The lowest BCUT2D eigenvalue weighted by Gasteiger charge is -2.12. The van der Waals surface area contributed by atoms with E-state index in [1.54, 1.807) is 0 Å². The van der Waals surface area contributed by atoms with Crippen LogP contribution in [0.2, 0.25) is 0 Å². The first kappa shape index (κ1) is 17.0. The van der Waals surface area contributed by atoms with Crippen molar-refractivity contribution >= 4 is 24.0 Å². The van der Waals surface area contributed by atoms with Gasteiger partial charge in [-0.25, -0.2) is 9.59 Å². The topological polar surface area (TPSA) is 130 Å². The molecule has 1 aromatic rings. The number of carbonyl (C=O) groups is 3. The number of benzene rings is 1. The van der Waals surface area contributed by atoms with Crippen LogP contribution in [0.5, 0.6) is 11.5 Å². The van der Waals surface area contributed by atoms with E-state index in [-0.39, 0.29) is 11.5 Å². The molecular weight excluding hydrogens is 296 g/mol. The van der Waals surface area contributed by atoms with E-state index in [0.29, 0.717) is 5.56 Å². The third-order valence-electron chi connectivity index (χ3n) is 2.49. The summed E-state index contributed by atoms with van der Waals surface area (Å²) in [6.07, 6.45) is -0.0557. The molecule has 1 unspecified atom stereocenters. The summed E-state index contributed by atoms with van der Waals surface area (Å²) in [5.74, 6) is -3.94. The molecule has 0 aromatic heterocycles. The van der Waals surface area contributed by atoms with Gasteiger partial charge in [0, 0.05) is 6.08 Å². The van der Waals surface area contributed by atoms with Crippen molar-refractivity contribution < 1.29 is 39.2 Å². The van der Waals surface area contributed by atoms with Gasteiger partial charge in [-0.2, -0.15) is 0 Å². The zero-order chi connectivity index (χ0) is 16.7. The van der Waals surface area contributed by atoms with Gasteiger partial charge in [-0.1, -0.05) is 6.07 Å². The predicted octanol–water partition coefficient (Wildman–Crippen LogP) is 0.670. The highest BCUT2D eigenvalue weighted by molar-refractivity contribution is 5.90. The van der Waals surface area contributed by atoms with E-state index in [9.17, 15) is 19.5 Å². The molecule has 0 saturated carbocycles. The minimum atomic E-state index is -1.55. The number of hydrogen-bond donors (Lipinski definition) is 3. The van der Waals surface area contributed by atoms with E-state index < -0.39 is 30.4 Å². The van der Waals surface area contributed by atoms with E-state index in [1.165, 1.54) is 24.3 Å². The fraction of sp³-hybridized carbons (Fsp3) is 0.214. The van der Waals surface area contributed by atoms with E-state index in [2.05, 4.69) is 4.74 Å². The molecule has 0 aliphatic heterocycles. The van der Waals surface area contributed by atoms with Crippen LogP contribution in [-0.4, -0.2) is 46.4 Å². The molecule has 0 bridgehead atoms. The zero-order valence-electron chi connectivity index (χ0n) is 11.6. The number of aliphatic carboxylic acids is 1. The van der Waals surface area contributed by atoms with Crippen LogP contribution < -0.4 is 0 Å². The highest BCUT2D eigenvalue weighted by Crippen LogP contribution is 2.25. The maximum Gasteiger partial charge on any atom is 0.347 e. The average molecular weight is 310 g/mol. The van der Waals surface area contributed by atoms with Crippen LogP contribution >= 0.6 is 0 Å². The van der Waals surface area contributed by atoms with Gasteiger partial charge in [0.1, 0.15) is 0 Å². The second-order valence-electron chi connectivity index (χ2n) is 4.13. The van der Waals surface area contributed by atoms with Gasteiger partial charge < -0.3 is 24.8 Å². The number of aromatic hydroxyl groups is 2. The molecule has 0 spiro atoms. The summed E-state index contributed by atoms with van der Waals surface area (Å²) in [6.45, 7) is 0. The summed E-state index contributed by atoms with van der Waals surface area (Å²) >= 11 is 0. The van der Waals surface area contributed by atoms with Gasteiger partial charge in [-0.05, 0) is 23.8 Å². The Morgan fingerprint density at radius 1 is 1.23 bits per heavy atom. The molecule has 0 aliphatic carbocycles. The van der Waals surface area contributed by atoms with Crippen molar-refractivity contribution in [2.24, 2.45) is 0 Å². The molecule has 0 heterocycles. The number of phenols is 2. The molecule has 118 valence electrons. The van der Waals surface area contributed by atoms with E-state index >= 15 is 0 Å². The number of esters is 2. The van der Waals surface area contributed by atoms with E-state index in [1.807, 2.05) is 0 Å². The van der Waals surface area contributed by atoms with Gasteiger partial charge in [0.05, 0.1) is 13.5 Å². The minimum absolute atomic E-state index is 0.313. The average Bonchev–Trinajstić information content (AvgIpc) is 2.46. The molecule has 8 heteroatoms. The van der Waals surface area contributed by atoms with Gasteiger partial charge in [-0.15, -0.1) is 0 Å². The number of carbonyl (C=O) groups excluding carboxylic acids is 2. The Hall–Kier alpha value is -3.03. The Morgan fingerprint density at radius 2 is 1.91 bits per heavy atom. The van der Waals surface area contributed by atoms with Crippen LogP contribution in [0.25, 0.3) is 6.08 Å². The van der Waals surface area contributed by atoms with Crippen LogP contribution in [0.3, 0.4) is 0 Å². The quantitative estimate of drug-likeness (QED) is 0.397. The van der Waals surface area contributed by atoms with Crippen molar-refractivity contribution in [3.63, 3.8) is 0 Å². The number of phenolic OH excluding ortho intramolecular Hbond substituents is 2. The first-order valence-corrected chi connectivity index (χ1v) is 6.03. The molecule has 0 radical (unpaired) electrons. The van der Waals surface area contributed by atoms with Crippen LogP contribution in [0.15, 0.2) is 24.3 Å². The standard InChI is InChI=1S/C14H14O8/c1-21-14(20)11(7-12(17)18)22-13(19)5-3-8-2-4-9(15)10(16)6-8/h2-6,11,15-16H,7H2,1H3,(H,17,18)/b5-3+. The summed E-state index contributed by atoms with van der Waals surface area (Å²) in [6, 6.07) is 3.85. The second-order valence-corrected chi connectivity index (χ2v) is 4.13. The van der Waals surface area contributed by atoms with Gasteiger partial charge in [-0.3, -0.25) is 4.79 Å². The van der Waals surface area contributed by atoms with Crippen molar-refractivity contribution in [3.8, 4) is 11.5 Å². The third-order valence-corrected chi connectivity index (χ3v) is 2.49. The fourth-order valence-electron chi connectivity index (χ4n) is 1.45. The van der Waals surface area contributed by atoms with Crippen LogP contribution in [-0.2, 0) is 23.9 Å². The lowest BCUT2D eigenvalue weighted by atomic mass is 10.2. The highest BCUT2D eigenvalue weighted by Gasteiger charge is 2.25. The monoisotopic (exact) mass is 310 g/mol. The van der Waals surface area contributed by atoms with Gasteiger partial charge in [0.15, 0.2) is 11.5 Å². The maximum absolute atomic E-state index is 11.6. The lowest BCUT2D eigenvalue weighted by Crippen LogP contribution is -2.30. The number of methoxy groups -OCH3 is 1.